The summed E-state index contributed by atoms with van der Waals surface area (Å²) in [6.07, 6.45) is 4.61. The molecule has 0 fully saturated rings. The first-order valence-corrected chi connectivity index (χ1v) is 10.1. The van der Waals surface area contributed by atoms with Crippen molar-refractivity contribution >= 4 is 11.6 Å². The molecule has 0 saturated carbocycles. The molecular weight excluding hydrogens is 354 g/mol. The molecule has 0 aromatic heterocycles. The fraction of sp³-hybridized carbons (Fsp3) is 0.478. The van der Waals surface area contributed by atoms with Gasteiger partial charge in [0, 0.05) is 48.3 Å². The third kappa shape index (κ3) is 2.93. The first-order chi connectivity index (χ1) is 13.6. The fourth-order valence-corrected chi connectivity index (χ4v) is 4.82. The predicted molar refractivity (Wildman–Crippen MR) is 106 cm³/mol. The number of nitrogens with zero attached hydrogens (tertiary/aromatic N) is 1. The fourth-order valence-electron chi connectivity index (χ4n) is 4.82. The molecule has 4 rings (SSSR count). The lowest BCUT2D eigenvalue weighted by molar-refractivity contribution is -0.117. The second kappa shape index (κ2) is 7.46. The summed E-state index contributed by atoms with van der Waals surface area (Å²) < 4.78 is 11.2. The first-order valence-electron chi connectivity index (χ1n) is 10.1. The normalized spacial score (nSPS) is 20.3. The Labute approximate surface area is 166 Å². The first kappa shape index (κ1) is 18.8. The molecule has 0 bridgehead atoms. The summed E-state index contributed by atoms with van der Waals surface area (Å²) >= 11 is 0. The Morgan fingerprint density at radius 2 is 1.57 bits per heavy atom. The van der Waals surface area contributed by atoms with Gasteiger partial charge in [-0.25, -0.2) is 0 Å². The Hall–Kier alpha value is -2.56. The van der Waals surface area contributed by atoms with E-state index in [9.17, 15) is 9.59 Å². The number of carbonyl (C=O) groups is 2. The molecule has 0 radical (unpaired) electrons. The molecular formula is C23H27NO4. The van der Waals surface area contributed by atoms with Gasteiger partial charge in [0.25, 0.3) is 0 Å². The number of benzene rings is 1. The minimum atomic E-state index is -0.300. The predicted octanol–water partition coefficient (Wildman–Crippen LogP) is 4.14. The number of ketones is 2. The molecule has 0 atom stereocenters. The summed E-state index contributed by atoms with van der Waals surface area (Å²) in [5.41, 5.74) is 4.70. The van der Waals surface area contributed by atoms with Crippen molar-refractivity contribution in [3.8, 4) is 11.5 Å². The number of Topliss-reactive ketones (excluding diaryl/α,β-unsaturated/α-hetero) is 2. The highest BCUT2D eigenvalue weighted by Gasteiger charge is 2.42. The number of ether oxygens (including phenoxy) is 2. The van der Waals surface area contributed by atoms with E-state index in [-0.39, 0.29) is 17.5 Å². The third-order valence-electron chi connectivity index (χ3n) is 6.07. The number of rotatable bonds is 4. The van der Waals surface area contributed by atoms with Gasteiger partial charge in [0.05, 0.1) is 13.7 Å². The lowest BCUT2D eigenvalue weighted by Crippen LogP contribution is -2.37. The monoisotopic (exact) mass is 381 g/mol. The van der Waals surface area contributed by atoms with E-state index in [4.69, 9.17) is 9.47 Å². The molecule has 5 heteroatoms. The highest BCUT2D eigenvalue weighted by atomic mass is 16.5. The van der Waals surface area contributed by atoms with Gasteiger partial charge in [-0.15, -0.1) is 0 Å². The van der Waals surface area contributed by atoms with Crippen LogP contribution >= 0.6 is 0 Å². The maximum absolute atomic E-state index is 13.0. The number of hydrogen-bond donors (Lipinski definition) is 0. The van der Waals surface area contributed by atoms with Crippen LogP contribution in [0.4, 0.5) is 0 Å². The zero-order chi connectivity index (χ0) is 19.8. The maximum atomic E-state index is 13.0. The van der Waals surface area contributed by atoms with E-state index in [1.54, 1.807) is 7.11 Å². The summed E-state index contributed by atoms with van der Waals surface area (Å²) in [5.74, 6) is 1.34. The highest BCUT2D eigenvalue weighted by molar-refractivity contribution is 6.06. The summed E-state index contributed by atoms with van der Waals surface area (Å²) in [6.45, 7) is 2.48. The zero-order valence-electron chi connectivity index (χ0n) is 16.8. The van der Waals surface area contributed by atoms with Gasteiger partial charge in [-0.3, -0.25) is 9.59 Å². The second-order valence-corrected chi connectivity index (χ2v) is 7.61. The summed E-state index contributed by atoms with van der Waals surface area (Å²) in [7, 11) is 3.63. The third-order valence-corrected chi connectivity index (χ3v) is 6.07. The van der Waals surface area contributed by atoms with Gasteiger partial charge < -0.3 is 14.4 Å². The molecule has 28 heavy (non-hydrogen) atoms. The molecule has 5 nitrogen and oxygen atoms in total. The average Bonchev–Trinajstić information content (AvgIpc) is 2.70. The van der Waals surface area contributed by atoms with Gasteiger partial charge in [0.15, 0.2) is 23.1 Å². The molecule has 0 spiro atoms. The van der Waals surface area contributed by atoms with Crippen molar-refractivity contribution in [3.63, 3.8) is 0 Å². The lowest BCUT2D eigenvalue weighted by Gasteiger charge is -2.42. The SMILES string of the molecule is CCOc1ccc(C2C3=C(CCCC3=O)N(C)C3=C2C(=O)CCC3)cc1OC. The van der Waals surface area contributed by atoms with E-state index < -0.39 is 0 Å². The van der Waals surface area contributed by atoms with Crippen molar-refractivity contribution < 1.29 is 19.1 Å². The van der Waals surface area contributed by atoms with E-state index in [1.165, 1.54) is 0 Å². The van der Waals surface area contributed by atoms with E-state index in [0.29, 0.717) is 30.9 Å². The molecule has 148 valence electrons. The second-order valence-electron chi connectivity index (χ2n) is 7.61. The number of allylic oxidation sites excluding steroid dienone is 4. The van der Waals surface area contributed by atoms with Crippen molar-refractivity contribution in [2.75, 3.05) is 20.8 Å². The van der Waals surface area contributed by atoms with E-state index >= 15 is 0 Å². The van der Waals surface area contributed by atoms with E-state index in [0.717, 1.165) is 53.8 Å². The molecule has 0 saturated heterocycles. The van der Waals surface area contributed by atoms with Crippen molar-refractivity contribution in [1.82, 2.24) is 4.90 Å². The Bertz CT molecular complexity index is 852. The van der Waals surface area contributed by atoms with Gasteiger partial charge in [0.1, 0.15) is 0 Å². The van der Waals surface area contributed by atoms with Crippen LogP contribution in [-0.2, 0) is 9.59 Å². The van der Waals surface area contributed by atoms with Crippen molar-refractivity contribution in [2.24, 2.45) is 0 Å². The average molecular weight is 381 g/mol. The molecule has 1 aromatic carbocycles. The van der Waals surface area contributed by atoms with E-state index in [1.807, 2.05) is 32.2 Å². The number of carbonyl (C=O) groups excluding carboxylic acids is 2. The van der Waals surface area contributed by atoms with Gasteiger partial charge in [0.2, 0.25) is 0 Å². The van der Waals surface area contributed by atoms with Crippen LogP contribution in [-0.4, -0.2) is 37.2 Å². The molecule has 1 aromatic rings. The minimum absolute atomic E-state index is 0.163. The summed E-state index contributed by atoms with van der Waals surface area (Å²) in [4.78, 5) is 28.1. The van der Waals surface area contributed by atoms with Crippen LogP contribution in [0.1, 0.15) is 56.9 Å². The van der Waals surface area contributed by atoms with Crippen LogP contribution in [0.2, 0.25) is 0 Å². The van der Waals surface area contributed by atoms with Crippen LogP contribution in [0.5, 0.6) is 11.5 Å². The Balaban J connectivity index is 1.90. The maximum Gasteiger partial charge on any atom is 0.161 e. The van der Waals surface area contributed by atoms with Gasteiger partial charge in [-0.2, -0.15) is 0 Å². The van der Waals surface area contributed by atoms with Crippen molar-refractivity contribution in [1.29, 1.82) is 0 Å². The molecule has 0 unspecified atom stereocenters. The molecule has 1 aliphatic heterocycles. The zero-order valence-corrected chi connectivity index (χ0v) is 16.8. The molecule has 2 aliphatic carbocycles. The lowest BCUT2D eigenvalue weighted by atomic mass is 9.71. The summed E-state index contributed by atoms with van der Waals surface area (Å²) in [5, 5.41) is 0. The van der Waals surface area contributed by atoms with Gasteiger partial charge in [-0.1, -0.05) is 6.07 Å². The van der Waals surface area contributed by atoms with Crippen LogP contribution in [0.25, 0.3) is 0 Å². The van der Waals surface area contributed by atoms with Crippen LogP contribution in [0.15, 0.2) is 40.7 Å². The van der Waals surface area contributed by atoms with Crippen LogP contribution < -0.4 is 9.47 Å². The van der Waals surface area contributed by atoms with Crippen LogP contribution in [0, 0.1) is 0 Å². The topological polar surface area (TPSA) is 55.8 Å². The minimum Gasteiger partial charge on any atom is -0.493 e. The standard InChI is InChI=1S/C23H27NO4/c1-4-28-19-12-11-14(13-20(19)27-3)21-22-15(7-5-9-17(22)25)24(2)16-8-6-10-18(26)23(16)21/h11-13,21H,4-10H2,1-3H3. The number of hydrogen-bond acceptors (Lipinski definition) is 5. The molecule has 3 aliphatic rings. The van der Waals surface area contributed by atoms with Gasteiger partial charge in [-0.05, 0) is 50.3 Å². The number of methoxy groups -OCH3 is 1. The summed E-state index contributed by atoms with van der Waals surface area (Å²) in [6, 6.07) is 5.79. The van der Waals surface area contributed by atoms with Crippen LogP contribution in [0.3, 0.4) is 0 Å². The molecule has 1 heterocycles. The smallest absolute Gasteiger partial charge is 0.161 e. The largest absolute Gasteiger partial charge is 0.493 e. The van der Waals surface area contributed by atoms with E-state index in [2.05, 4.69) is 4.90 Å². The highest BCUT2D eigenvalue weighted by Crippen LogP contribution is 2.49. The Morgan fingerprint density at radius 3 is 2.11 bits per heavy atom. The molecule has 0 amide bonds. The Kier molecular flexibility index (Phi) is 5.00. The van der Waals surface area contributed by atoms with Gasteiger partial charge >= 0.3 is 0 Å². The van der Waals surface area contributed by atoms with Crippen molar-refractivity contribution in [3.05, 3.63) is 46.3 Å². The molecule has 0 N–H and O–H groups in total. The quantitative estimate of drug-likeness (QED) is 0.785. The Morgan fingerprint density at radius 1 is 0.964 bits per heavy atom. The van der Waals surface area contributed by atoms with Crippen molar-refractivity contribution in [2.45, 2.75) is 51.4 Å².